The van der Waals surface area contributed by atoms with Crippen LogP contribution in [-0.4, -0.2) is 94.7 Å². The number of carbonyl (C=O) groups is 7. The van der Waals surface area contributed by atoms with Gasteiger partial charge in [-0.25, -0.2) is 4.79 Å². The molecule has 54 heavy (non-hydrogen) atoms. The van der Waals surface area contributed by atoms with E-state index in [1.165, 1.54) is 19.1 Å². The van der Waals surface area contributed by atoms with Gasteiger partial charge in [0.15, 0.2) is 24.4 Å². The van der Waals surface area contributed by atoms with Crippen LogP contribution >= 0.6 is 0 Å². The van der Waals surface area contributed by atoms with Crippen LogP contribution in [0, 0.1) is 17.3 Å². The Bertz CT molecular complexity index is 1660. The van der Waals surface area contributed by atoms with Crippen molar-refractivity contribution in [3.05, 3.63) is 60.2 Å². The molecule has 1 N–H and O–H groups in total. The molecule has 1 aromatic rings. The minimum atomic E-state index is -2.39. The first-order valence-electron chi connectivity index (χ1n) is 17.4. The quantitative estimate of drug-likeness (QED) is 0.228. The predicted molar refractivity (Wildman–Crippen MR) is 188 cm³/mol. The van der Waals surface area contributed by atoms with E-state index in [0.29, 0.717) is 0 Å². The summed E-state index contributed by atoms with van der Waals surface area (Å²) in [7, 11) is 0. The molecule has 0 aromatic heterocycles. The molecule has 0 aliphatic heterocycles. The van der Waals surface area contributed by atoms with Gasteiger partial charge in [0, 0.05) is 64.9 Å². The molecule has 1 fully saturated rings. The van der Waals surface area contributed by atoms with Crippen LogP contribution in [0.3, 0.4) is 0 Å². The summed E-state index contributed by atoms with van der Waals surface area (Å²) >= 11 is 0. The lowest BCUT2D eigenvalue weighted by atomic mass is 9.71. The molecule has 0 heterocycles. The molecule has 15 nitrogen and oxygen atoms in total. The van der Waals surface area contributed by atoms with E-state index in [1.54, 1.807) is 51.1 Å². The van der Waals surface area contributed by atoms with Crippen molar-refractivity contribution >= 4 is 41.8 Å². The van der Waals surface area contributed by atoms with Gasteiger partial charge < -0.3 is 38.3 Å². The standard InChI is InChI=1S/C39H50O15/c1-20-17-18-37(9,10)35(52-26(7)44)32(50-24(5)42)31(49-23(4)41)21(2)30(48-22(3)40)29-34(53-36(46)28-15-13-12-14-16-28)38(11,54-27(8)45)19-39(29,47)33(20)51-25(6)43/h12-18,20,29-35,47H,2,19H2,1,3-11H3/t20-,29?,30-,31-,32+,33-,34+,35+,38+,39+/m0/s1. The molecule has 3 rings (SSSR count). The maximum atomic E-state index is 13.8. The summed E-state index contributed by atoms with van der Waals surface area (Å²) in [5.41, 5.74) is -5.80. The Morgan fingerprint density at radius 3 is 1.67 bits per heavy atom. The van der Waals surface area contributed by atoms with Gasteiger partial charge in [-0.1, -0.05) is 57.7 Å². The van der Waals surface area contributed by atoms with E-state index in [4.69, 9.17) is 33.2 Å². The molecule has 2 aliphatic carbocycles. The number of benzene rings is 1. The number of rotatable bonds is 8. The van der Waals surface area contributed by atoms with Crippen LogP contribution in [0.15, 0.2) is 54.6 Å². The highest BCUT2D eigenvalue weighted by Crippen LogP contribution is 2.54. The number of ether oxygens (including phenoxy) is 7. The van der Waals surface area contributed by atoms with Gasteiger partial charge in [-0.3, -0.25) is 28.8 Å². The van der Waals surface area contributed by atoms with Crippen LogP contribution in [0.1, 0.15) is 86.0 Å². The van der Waals surface area contributed by atoms with Crippen LogP contribution < -0.4 is 0 Å². The van der Waals surface area contributed by atoms with Crippen LogP contribution in [0.2, 0.25) is 0 Å². The van der Waals surface area contributed by atoms with E-state index in [2.05, 4.69) is 6.58 Å². The van der Waals surface area contributed by atoms with Crippen molar-refractivity contribution < 1.29 is 71.8 Å². The van der Waals surface area contributed by atoms with E-state index in [9.17, 15) is 38.7 Å². The molecular weight excluding hydrogens is 708 g/mol. The second kappa shape index (κ2) is 17.0. The summed E-state index contributed by atoms with van der Waals surface area (Å²) < 4.78 is 40.9. The fourth-order valence-electron chi connectivity index (χ4n) is 7.50. The topological polar surface area (TPSA) is 204 Å². The fraction of sp³-hybridized carbons (Fsp3) is 0.564. The highest BCUT2D eigenvalue weighted by Gasteiger charge is 2.70. The van der Waals surface area contributed by atoms with Crippen molar-refractivity contribution in [1.29, 1.82) is 0 Å². The summed E-state index contributed by atoms with van der Waals surface area (Å²) in [5.74, 6) is -8.76. The normalized spacial score (nSPS) is 31.9. The first kappa shape index (κ1) is 43.4. The van der Waals surface area contributed by atoms with Gasteiger partial charge >= 0.3 is 41.8 Å². The third kappa shape index (κ3) is 9.92. The molecule has 1 saturated carbocycles. The van der Waals surface area contributed by atoms with E-state index in [0.717, 1.165) is 41.5 Å². The molecule has 15 heteroatoms. The number of hydrogen-bond acceptors (Lipinski definition) is 15. The Kier molecular flexibility index (Phi) is 13.6. The zero-order valence-electron chi connectivity index (χ0n) is 32.2. The van der Waals surface area contributed by atoms with E-state index >= 15 is 0 Å². The highest BCUT2D eigenvalue weighted by atomic mass is 16.6. The van der Waals surface area contributed by atoms with Crippen LogP contribution in [0.5, 0.6) is 0 Å². The fourth-order valence-corrected chi connectivity index (χ4v) is 7.50. The maximum Gasteiger partial charge on any atom is 0.338 e. The molecule has 296 valence electrons. The zero-order valence-corrected chi connectivity index (χ0v) is 32.2. The Balaban J connectivity index is 2.56. The van der Waals surface area contributed by atoms with Gasteiger partial charge in [-0.2, -0.15) is 0 Å². The number of carbonyl (C=O) groups excluding carboxylic acids is 7. The minimum Gasteiger partial charge on any atom is -0.459 e. The SMILES string of the molecule is C=C1[C@H](OC(C)=O)C2[C@@H](OC(=O)c3ccccc3)[C@](C)(OC(C)=O)C[C@]2(O)[C@@H](OC(C)=O)[C@@H](C)C=CC(C)(C)[C@H](OC(C)=O)[C@H](OC(C)=O)[C@H]1OC(C)=O. The van der Waals surface area contributed by atoms with Gasteiger partial charge in [0.25, 0.3) is 0 Å². The van der Waals surface area contributed by atoms with E-state index in [1.807, 2.05) is 0 Å². The Morgan fingerprint density at radius 2 is 1.17 bits per heavy atom. The minimum absolute atomic E-state index is 0.0705. The van der Waals surface area contributed by atoms with Crippen LogP contribution in [0.25, 0.3) is 0 Å². The third-order valence-corrected chi connectivity index (χ3v) is 9.42. The molecular formula is C39H50O15. The van der Waals surface area contributed by atoms with Crippen LogP contribution in [-0.2, 0) is 61.9 Å². The Labute approximate surface area is 314 Å². The van der Waals surface area contributed by atoms with Crippen molar-refractivity contribution in [1.82, 2.24) is 0 Å². The molecule has 0 amide bonds. The number of aliphatic hydroxyl groups is 1. The van der Waals surface area contributed by atoms with Gasteiger partial charge in [0.2, 0.25) is 0 Å². The molecule has 0 saturated heterocycles. The number of fused-ring (bicyclic) bond motifs is 1. The number of hydrogen-bond donors (Lipinski definition) is 1. The second-order valence-electron chi connectivity index (χ2n) is 14.6. The molecule has 0 spiro atoms. The van der Waals surface area contributed by atoms with Gasteiger partial charge in [0.05, 0.1) is 11.5 Å². The second-order valence-corrected chi connectivity index (χ2v) is 14.6. The summed E-state index contributed by atoms with van der Waals surface area (Å²) in [5, 5.41) is 13.2. The van der Waals surface area contributed by atoms with E-state index in [-0.39, 0.29) is 11.1 Å². The number of esters is 7. The highest BCUT2D eigenvalue weighted by molar-refractivity contribution is 5.89. The van der Waals surface area contributed by atoms with Crippen LogP contribution in [0.4, 0.5) is 0 Å². The Morgan fingerprint density at radius 1 is 0.667 bits per heavy atom. The molecule has 0 bridgehead atoms. The van der Waals surface area contributed by atoms with Gasteiger partial charge in [-0.15, -0.1) is 0 Å². The summed E-state index contributed by atoms with van der Waals surface area (Å²) in [6.07, 6.45) is -7.30. The van der Waals surface area contributed by atoms with Crippen molar-refractivity contribution in [2.75, 3.05) is 0 Å². The molecule has 2 aliphatic rings. The van der Waals surface area contributed by atoms with Gasteiger partial charge in [0.1, 0.15) is 23.4 Å². The maximum absolute atomic E-state index is 13.8. The molecule has 1 aromatic carbocycles. The van der Waals surface area contributed by atoms with Gasteiger partial charge in [-0.05, 0) is 19.1 Å². The lowest BCUT2D eigenvalue weighted by Gasteiger charge is -2.46. The van der Waals surface area contributed by atoms with Crippen molar-refractivity contribution in [3.63, 3.8) is 0 Å². The largest absolute Gasteiger partial charge is 0.459 e. The summed E-state index contributed by atoms with van der Waals surface area (Å²) in [4.78, 5) is 90.5. The smallest absolute Gasteiger partial charge is 0.338 e. The average Bonchev–Trinajstić information content (AvgIpc) is 3.25. The summed E-state index contributed by atoms with van der Waals surface area (Å²) in [6, 6.07) is 7.75. The lowest BCUT2D eigenvalue weighted by molar-refractivity contribution is -0.198. The average molecular weight is 759 g/mol. The molecule has 0 radical (unpaired) electrons. The lowest BCUT2D eigenvalue weighted by Crippen LogP contribution is -2.60. The van der Waals surface area contributed by atoms with Crippen molar-refractivity contribution in [2.24, 2.45) is 17.3 Å². The monoisotopic (exact) mass is 758 g/mol. The molecule has 10 atom stereocenters. The first-order valence-corrected chi connectivity index (χ1v) is 17.4. The third-order valence-electron chi connectivity index (χ3n) is 9.42. The van der Waals surface area contributed by atoms with Crippen molar-refractivity contribution in [2.45, 2.75) is 123 Å². The first-order chi connectivity index (χ1) is 24.9. The predicted octanol–water partition coefficient (Wildman–Crippen LogP) is 3.73. The van der Waals surface area contributed by atoms with Crippen molar-refractivity contribution in [3.8, 4) is 0 Å². The summed E-state index contributed by atoms with van der Waals surface area (Å²) in [6.45, 7) is 16.9. The zero-order chi connectivity index (χ0) is 40.9. The molecule has 1 unspecified atom stereocenters. The Hall–Kier alpha value is -5.05. The van der Waals surface area contributed by atoms with E-state index < -0.39 is 113 Å².